The van der Waals surface area contributed by atoms with Crippen molar-refractivity contribution in [3.63, 3.8) is 0 Å². The lowest BCUT2D eigenvalue weighted by atomic mass is 9.34. The van der Waals surface area contributed by atoms with Crippen LogP contribution in [0, 0.1) is 44.8 Å². The van der Waals surface area contributed by atoms with Crippen molar-refractivity contribution >= 4 is 5.97 Å². The van der Waals surface area contributed by atoms with Gasteiger partial charge in [-0.1, -0.05) is 53.2 Å². The molecule has 0 amide bonds. The average molecular weight is 749 g/mol. The molecule has 12 heteroatoms. The first-order valence-electron chi connectivity index (χ1n) is 20.0. The van der Waals surface area contributed by atoms with Crippen molar-refractivity contribution in [2.75, 3.05) is 13.2 Å². The summed E-state index contributed by atoms with van der Waals surface area (Å²) < 4.78 is 23.7. The summed E-state index contributed by atoms with van der Waals surface area (Å²) in [6.45, 7) is 15.5. The summed E-state index contributed by atoms with van der Waals surface area (Å²) in [4.78, 5) is 14.5. The number of fused-ring (bicyclic) bond motifs is 7. The molecule has 7 N–H and O–H groups in total. The molecule has 0 aromatic heterocycles. The standard InChI is InChI=1S/C41H64O12/c1-20-10-15-41(36(49)53-35-33(48)31(46)30(45)24(18-42)51-35)17-16-39(6)22(28(41)21(20)2)8-9-26-38(5)13-12-27(37(3,4)25(38)11-14-40(26,39)7)52-34-32(47)29(44)23(43)19-50-34/h8,20,23-27,29-35,42-48H,9-19H2,1-7H3/t20-,23+,24-,25+,26-,27+,29+,30-,31+,32-,33-,34+,35+,38+,39-,40-,41+/m1/s1. The molecule has 0 aromatic carbocycles. The van der Waals surface area contributed by atoms with Gasteiger partial charge < -0.3 is 54.7 Å². The molecule has 0 bridgehead atoms. The lowest BCUT2D eigenvalue weighted by Gasteiger charge is -2.70. The third kappa shape index (κ3) is 5.70. The van der Waals surface area contributed by atoms with Crippen molar-refractivity contribution in [1.82, 2.24) is 0 Å². The van der Waals surface area contributed by atoms with Gasteiger partial charge in [0, 0.05) is 0 Å². The van der Waals surface area contributed by atoms with Gasteiger partial charge >= 0.3 is 5.97 Å². The number of carbonyl (C=O) groups excluding carboxylic acids is 1. The highest BCUT2D eigenvalue weighted by Gasteiger charge is 2.69. The van der Waals surface area contributed by atoms with Crippen molar-refractivity contribution in [2.45, 2.75) is 168 Å². The zero-order chi connectivity index (χ0) is 38.6. The quantitative estimate of drug-likeness (QED) is 0.161. The number of hydrogen-bond donors (Lipinski definition) is 7. The SMILES string of the molecule is CC1=C2C3=CC[C@@H]4[C@@]5(C)CC[C@H](O[C@@H]6OC[C@H](O)[C@H](O)[C@H]6O)C(C)(C)[C@@H]5CC[C@@]4(C)[C@]3(C)CC[C@@]2(C(=O)O[C@@H]2O[C@H](CO)[C@@H](O)[C@H](O)[C@H]2O)CC[C@H]1C. The third-order valence-corrected chi connectivity index (χ3v) is 16.6. The second-order valence-electron chi connectivity index (χ2n) is 19.2. The molecule has 53 heavy (non-hydrogen) atoms. The fourth-order valence-corrected chi connectivity index (χ4v) is 12.9. The Bertz CT molecular complexity index is 1490. The van der Waals surface area contributed by atoms with Crippen LogP contribution in [0.5, 0.6) is 0 Å². The number of carbonyl (C=O) groups is 1. The summed E-state index contributed by atoms with van der Waals surface area (Å²) in [6.07, 6.45) is -2.77. The Kier molecular flexibility index (Phi) is 10.2. The summed E-state index contributed by atoms with van der Waals surface area (Å²) in [5.74, 6) is 0.468. The van der Waals surface area contributed by atoms with Gasteiger partial charge in [0.2, 0.25) is 6.29 Å². The largest absolute Gasteiger partial charge is 0.432 e. The highest BCUT2D eigenvalue weighted by Crippen LogP contribution is 2.75. The van der Waals surface area contributed by atoms with Crippen LogP contribution in [0.1, 0.15) is 106 Å². The smallest absolute Gasteiger partial charge is 0.318 e. The summed E-state index contributed by atoms with van der Waals surface area (Å²) in [7, 11) is 0. The van der Waals surface area contributed by atoms with Crippen LogP contribution < -0.4 is 0 Å². The normalized spacial score (nSPS) is 52.3. The van der Waals surface area contributed by atoms with E-state index >= 15 is 0 Å². The molecule has 2 heterocycles. The van der Waals surface area contributed by atoms with E-state index in [0.29, 0.717) is 24.7 Å². The molecule has 0 spiro atoms. The van der Waals surface area contributed by atoms with Gasteiger partial charge in [-0.25, -0.2) is 0 Å². The molecule has 7 aliphatic rings. The highest BCUT2D eigenvalue weighted by molar-refractivity contribution is 5.84. The van der Waals surface area contributed by atoms with E-state index in [9.17, 15) is 40.5 Å². The van der Waals surface area contributed by atoms with E-state index in [4.69, 9.17) is 18.9 Å². The Labute approximate surface area is 313 Å². The van der Waals surface area contributed by atoms with Crippen LogP contribution in [-0.2, 0) is 23.7 Å². The van der Waals surface area contributed by atoms with Gasteiger partial charge in [-0.3, -0.25) is 4.79 Å². The molecule has 17 atom stereocenters. The predicted octanol–water partition coefficient (Wildman–Crippen LogP) is 2.88. The molecule has 300 valence electrons. The fourth-order valence-electron chi connectivity index (χ4n) is 12.9. The molecule has 5 aliphatic carbocycles. The van der Waals surface area contributed by atoms with E-state index in [1.54, 1.807) is 0 Å². The molecule has 5 fully saturated rings. The molecule has 0 radical (unpaired) electrons. The highest BCUT2D eigenvalue weighted by atomic mass is 16.7. The zero-order valence-electron chi connectivity index (χ0n) is 32.5. The van der Waals surface area contributed by atoms with E-state index in [2.05, 4.69) is 54.5 Å². The van der Waals surface area contributed by atoms with Gasteiger partial charge in [0.15, 0.2) is 6.29 Å². The van der Waals surface area contributed by atoms with Gasteiger partial charge in [-0.15, -0.1) is 0 Å². The minimum atomic E-state index is -1.66. The number of ether oxygens (including phenoxy) is 4. The molecule has 3 saturated carbocycles. The number of aliphatic hydroxyl groups is 7. The van der Waals surface area contributed by atoms with E-state index in [-0.39, 0.29) is 40.3 Å². The summed E-state index contributed by atoms with van der Waals surface area (Å²) in [5.41, 5.74) is 1.97. The van der Waals surface area contributed by atoms with Crippen LogP contribution in [0.25, 0.3) is 0 Å². The van der Waals surface area contributed by atoms with Gasteiger partial charge in [0.1, 0.15) is 42.7 Å². The Morgan fingerprint density at radius 2 is 1.53 bits per heavy atom. The van der Waals surface area contributed by atoms with E-state index < -0.39 is 73.3 Å². The monoisotopic (exact) mass is 748 g/mol. The fraction of sp³-hybridized carbons (Fsp3) is 0.878. The minimum Gasteiger partial charge on any atom is -0.432 e. The first-order valence-corrected chi connectivity index (χ1v) is 20.0. The van der Waals surface area contributed by atoms with Crippen LogP contribution >= 0.6 is 0 Å². The number of hydrogen-bond acceptors (Lipinski definition) is 12. The second-order valence-corrected chi connectivity index (χ2v) is 19.2. The summed E-state index contributed by atoms with van der Waals surface area (Å²) >= 11 is 0. The zero-order valence-corrected chi connectivity index (χ0v) is 32.5. The summed E-state index contributed by atoms with van der Waals surface area (Å²) in [5, 5.41) is 72.3. The van der Waals surface area contributed by atoms with E-state index in [1.165, 1.54) is 11.1 Å². The molecule has 2 aliphatic heterocycles. The van der Waals surface area contributed by atoms with E-state index in [1.807, 2.05) is 0 Å². The van der Waals surface area contributed by atoms with Crippen LogP contribution in [0.3, 0.4) is 0 Å². The number of esters is 1. The van der Waals surface area contributed by atoms with Crippen molar-refractivity contribution < 1.29 is 59.5 Å². The molecule has 0 unspecified atom stereocenters. The number of rotatable bonds is 5. The predicted molar refractivity (Wildman–Crippen MR) is 192 cm³/mol. The maximum absolute atomic E-state index is 14.5. The minimum absolute atomic E-state index is 0.0109. The number of aliphatic hydroxyl groups excluding tert-OH is 7. The van der Waals surface area contributed by atoms with Gasteiger partial charge in [-0.05, 0) is 115 Å². The Balaban J connectivity index is 1.18. The molecule has 0 aromatic rings. The first-order chi connectivity index (χ1) is 24.8. The summed E-state index contributed by atoms with van der Waals surface area (Å²) in [6, 6.07) is 0. The van der Waals surface area contributed by atoms with Crippen molar-refractivity contribution in [3.8, 4) is 0 Å². The Hall–Kier alpha value is -1.45. The maximum Gasteiger partial charge on any atom is 0.318 e. The third-order valence-electron chi connectivity index (χ3n) is 16.6. The molecular formula is C41H64O12. The molecule has 12 nitrogen and oxygen atoms in total. The molecule has 7 rings (SSSR count). The Morgan fingerprint density at radius 1 is 0.830 bits per heavy atom. The Morgan fingerprint density at radius 3 is 2.23 bits per heavy atom. The lowest BCUT2D eigenvalue weighted by Crippen LogP contribution is -2.65. The van der Waals surface area contributed by atoms with E-state index in [0.717, 1.165) is 50.5 Å². The number of allylic oxidation sites excluding steroid dienone is 3. The van der Waals surface area contributed by atoms with Crippen molar-refractivity contribution in [2.24, 2.45) is 44.8 Å². The van der Waals surface area contributed by atoms with Crippen LogP contribution in [-0.4, -0.2) is 116 Å². The average Bonchev–Trinajstić information content (AvgIpc) is 3.11. The van der Waals surface area contributed by atoms with Crippen molar-refractivity contribution in [3.05, 3.63) is 22.8 Å². The van der Waals surface area contributed by atoms with Gasteiger partial charge in [-0.2, -0.15) is 0 Å². The molecular weight excluding hydrogens is 684 g/mol. The van der Waals surface area contributed by atoms with Crippen molar-refractivity contribution in [1.29, 1.82) is 0 Å². The lowest BCUT2D eigenvalue weighted by molar-refractivity contribution is -0.308. The van der Waals surface area contributed by atoms with Crippen LogP contribution in [0.2, 0.25) is 0 Å². The van der Waals surface area contributed by atoms with Crippen LogP contribution in [0.15, 0.2) is 22.8 Å². The van der Waals surface area contributed by atoms with Crippen LogP contribution in [0.4, 0.5) is 0 Å². The van der Waals surface area contributed by atoms with Gasteiger partial charge in [0.05, 0.1) is 24.7 Å². The van der Waals surface area contributed by atoms with Gasteiger partial charge in [0.25, 0.3) is 0 Å². The second kappa shape index (κ2) is 13.6. The molecule has 2 saturated heterocycles. The topological polar surface area (TPSA) is 196 Å². The maximum atomic E-state index is 14.5. The first kappa shape index (κ1) is 39.8.